The van der Waals surface area contributed by atoms with Crippen molar-refractivity contribution in [3.8, 4) is 18.2 Å². The molecule has 0 aromatic heterocycles. The molecule has 1 aliphatic heterocycles. The highest BCUT2D eigenvalue weighted by Crippen LogP contribution is 2.30. The van der Waals surface area contributed by atoms with Crippen LogP contribution in [0.5, 0.6) is 0 Å². The Hall–Kier alpha value is -2.86. The zero-order valence-electron chi connectivity index (χ0n) is 14.6. The Morgan fingerprint density at radius 1 is 1.04 bits per heavy atom. The average molecular weight is 369 g/mol. The average Bonchev–Trinajstić information content (AvgIpc) is 2.62. The number of benzene rings is 1. The number of hydrogen-bond donors (Lipinski definition) is 1. The summed E-state index contributed by atoms with van der Waals surface area (Å²) in [5, 5.41) is 29.4. The maximum atomic E-state index is 13.0. The van der Waals surface area contributed by atoms with Gasteiger partial charge in [0.05, 0.1) is 4.90 Å². The van der Waals surface area contributed by atoms with E-state index in [1.54, 1.807) is 22.5 Å². The van der Waals surface area contributed by atoms with Crippen molar-refractivity contribution in [2.24, 2.45) is 0 Å². The van der Waals surface area contributed by atoms with Crippen LogP contribution in [0.3, 0.4) is 0 Å². The van der Waals surface area contributed by atoms with Gasteiger partial charge in [-0.15, -0.1) is 0 Å². The summed E-state index contributed by atoms with van der Waals surface area (Å²) in [7, 11) is -3.61. The van der Waals surface area contributed by atoms with E-state index in [9.17, 15) is 8.42 Å². The third kappa shape index (κ3) is 3.86. The maximum absolute atomic E-state index is 13.0. The van der Waals surface area contributed by atoms with Crippen molar-refractivity contribution in [2.75, 3.05) is 5.32 Å². The predicted molar refractivity (Wildman–Crippen MR) is 95.7 cm³/mol. The molecule has 0 radical (unpaired) electrons. The second-order valence-corrected chi connectivity index (χ2v) is 8.04. The number of nitrogens with one attached hydrogen (secondary N) is 1. The largest absolute Gasteiger partial charge is 0.345 e. The smallest absolute Gasteiger partial charge is 0.243 e. The number of anilines is 1. The van der Waals surface area contributed by atoms with Crippen LogP contribution in [0.4, 0.5) is 5.69 Å². The molecule has 2 atom stereocenters. The third-order valence-electron chi connectivity index (χ3n) is 4.40. The topological polar surface area (TPSA) is 121 Å². The first-order chi connectivity index (χ1) is 12.3. The van der Waals surface area contributed by atoms with Crippen molar-refractivity contribution in [1.82, 2.24) is 4.31 Å². The van der Waals surface area contributed by atoms with Crippen molar-refractivity contribution in [1.29, 1.82) is 15.8 Å². The first-order valence-electron chi connectivity index (χ1n) is 8.20. The fourth-order valence-corrected chi connectivity index (χ4v) is 5.01. The quantitative estimate of drug-likeness (QED) is 0.815. The van der Waals surface area contributed by atoms with Crippen molar-refractivity contribution in [2.45, 2.75) is 50.1 Å². The Bertz CT molecular complexity index is 904. The second kappa shape index (κ2) is 8.01. The second-order valence-electron chi connectivity index (χ2n) is 6.20. The van der Waals surface area contributed by atoms with E-state index in [0.29, 0.717) is 5.69 Å². The van der Waals surface area contributed by atoms with Gasteiger partial charge in [0.25, 0.3) is 0 Å². The molecule has 1 heterocycles. The molecule has 1 aromatic carbocycles. The van der Waals surface area contributed by atoms with Crippen molar-refractivity contribution in [3.63, 3.8) is 0 Å². The van der Waals surface area contributed by atoms with E-state index in [4.69, 9.17) is 15.8 Å². The number of allylic oxidation sites excluding steroid dienone is 2. The third-order valence-corrected chi connectivity index (χ3v) is 6.54. The molecule has 1 N–H and O–H groups in total. The number of nitriles is 3. The van der Waals surface area contributed by atoms with Crippen molar-refractivity contribution in [3.05, 3.63) is 35.5 Å². The minimum Gasteiger partial charge on any atom is -0.345 e. The highest BCUT2D eigenvalue weighted by Gasteiger charge is 2.35. The van der Waals surface area contributed by atoms with Gasteiger partial charge in [0, 0.05) is 17.8 Å². The van der Waals surface area contributed by atoms with E-state index < -0.39 is 10.0 Å². The van der Waals surface area contributed by atoms with Gasteiger partial charge >= 0.3 is 0 Å². The van der Waals surface area contributed by atoms with Gasteiger partial charge in [0.1, 0.15) is 23.9 Å². The molecule has 134 valence electrons. The van der Waals surface area contributed by atoms with Gasteiger partial charge in [-0.25, -0.2) is 8.42 Å². The molecule has 1 aromatic rings. The summed E-state index contributed by atoms with van der Waals surface area (Å²) in [6.07, 6.45) is 2.69. The zero-order chi connectivity index (χ0) is 19.3. The van der Waals surface area contributed by atoms with Gasteiger partial charge in [-0.1, -0.05) is 6.42 Å². The number of hydrogen-bond acceptors (Lipinski definition) is 6. The fourth-order valence-electron chi connectivity index (χ4n) is 3.13. The van der Waals surface area contributed by atoms with Crippen LogP contribution in [0, 0.1) is 34.0 Å². The molecule has 0 spiro atoms. The summed E-state index contributed by atoms with van der Waals surface area (Å²) >= 11 is 0. The fraction of sp³-hybridized carbons (Fsp3) is 0.389. The molecule has 7 nitrogen and oxygen atoms in total. The van der Waals surface area contributed by atoms with E-state index in [1.165, 1.54) is 24.3 Å². The molecule has 0 amide bonds. The van der Waals surface area contributed by atoms with Crippen LogP contribution < -0.4 is 5.32 Å². The predicted octanol–water partition coefficient (Wildman–Crippen LogP) is 2.87. The van der Waals surface area contributed by atoms with Crippen LogP contribution in [0.1, 0.15) is 33.1 Å². The lowest BCUT2D eigenvalue weighted by Crippen LogP contribution is -2.47. The molecular weight excluding hydrogens is 350 g/mol. The lowest BCUT2D eigenvalue weighted by molar-refractivity contribution is 0.204. The Balaban J connectivity index is 2.30. The molecule has 1 saturated heterocycles. The summed E-state index contributed by atoms with van der Waals surface area (Å²) in [5.41, 5.74) is -0.0905. The Morgan fingerprint density at radius 2 is 1.58 bits per heavy atom. The molecule has 26 heavy (non-hydrogen) atoms. The van der Waals surface area contributed by atoms with Gasteiger partial charge < -0.3 is 5.32 Å². The molecular formula is C18H19N5O2S. The summed E-state index contributed by atoms with van der Waals surface area (Å²) in [6, 6.07) is 10.9. The van der Waals surface area contributed by atoms with Crippen LogP contribution in [0.15, 0.2) is 40.4 Å². The van der Waals surface area contributed by atoms with Gasteiger partial charge in [-0.3, -0.25) is 0 Å². The lowest BCUT2D eigenvalue weighted by atomic mass is 10.0. The molecule has 0 saturated carbocycles. The van der Waals surface area contributed by atoms with E-state index in [0.717, 1.165) is 19.3 Å². The van der Waals surface area contributed by atoms with Gasteiger partial charge in [-0.05, 0) is 51.0 Å². The number of nitrogens with zero attached hydrogens (tertiary/aromatic N) is 4. The molecule has 8 heteroatoms. The molecule has 2 rings (SSSR count). The van der Waals surface area contributed by atoms with Gasteiger partial charge in [-0.2, -0.15) is 20.1 Å². The first kappa shape index (κ1) is 19.5. The summed E-state index contributed by atoms with van der Waals surface area (Å²) in [5.74, 6) is 0. The van der Waals surface area contributed by atoms with Gasteiger partial charge in [0.15, 0.2) is 5.57 Å². The van der Waals surface area contributed by atoms with Crippen LogP contribution in [0.25, 0.3) is 0 Å². The zero-order valence-corrected chi connectivity index (χ0v) is 15.4. The van der Waals surface area contributed by atoms with Crippen LogP contribution in [0.2, 0.25) is 0 Å². The van der Waals surface area contributed by atoms with E-state index in [1.807, 2.05) is 13.8 Å². The highest BCUT2D eigenvalue weighted by atomic mass is 32.2. The minimum atomic E-state index is -3.61. The standard InChI is InChI=1S/C18H19N5O2S/c1-13-4-3-5-14(2)23(13)26(24,25)17-8-6-16(7-9-17)22-18(12-21)15(10-19)11-20/h6-9,13-14,22H,3-5H2,1-2H3. The monoisotopic (exact) mass is 369 g/mol. The normalized spacial score (nSPS) is 20.3. The van der Waals surface area contributed by atoms with Crippen LogP contribution in [-0.2, 0) is 10.0 Å². The Morgan fingerprint density at radius 3 is 2.04 bits per heavy atom. The minimum absolute atomic E-state index is 0.0523. The van der Waals surface area contributed by atoms with E-state index in [-0.39, 0.29) is 28.2 Å². The van der Waals surface area contributed by atoms with Crippen LogP contribution >= 0.6 is 0 Å². The maximum Gasteiger partial charge on any atom is 0.243 e. The van der Waals surface area contributed by atoms with Crippen molar-refractivity contribution >= 4 is 15.7 Å². The lowest BCUT2D eigenvalue weighted by Gasteiger charge is -2.37. The molecule has 1 fully saturated rings. The highest BCUT2D eigenvalue weighted by molar-refractivity contribution is 7.89. The molecule has 0 bridgehead atoms. The van der Waals surface area contributed by atoms with E-state index in [2.05, 4.69) is 5.32 Å². The molecule has 2 unspecified atom stereocenters. The van der Waals surface area contributed by atoms with E-state index >= 15 is 0 Å². The number of rotatable bonds is 4. The summed E-state index contributed by atoms with van der Waals surface area (Å²) in [4.78, 5) is 0.173. The summed E-state index contributed by atoms with van der Waals surface area (Å²) < 4.78 is 27.5. The SMILES string of the molecule is CC1CCCC(C)N1S(=O)(=O)c1ccc(NC(C#N)=C(C#N)C#N)cc1. The first-order valence-corrected chi connectivity index (χ1v) is 9.64. The molecule has 0 aliphatic carbocycles. The van der Waals surface area contributed by atoms with Crippen molar-refractivity contribution < 1.29 is 8.42 Å². The summed E-state index contributed by atoms with van der Waals surface area (Å²) in [6.45, 7) is 3.83. The number of sulfonamides is 1. The van der Waals surface area contributed by atoms with Crippen LogP contribution in [-0.4, -0.2) is 24.8 Å². The Labute approximate surface area is 153 Å². The number of piperidine rings is 1. The Kier molecular flexibility index (Phi) is 6.00. The molecule has 1 aliphatic rings. The van der Waals surface area contributed by atoms with Gasteiger partial charge in [0.2, 0.25) is 10.0 Å².